The summed E-state index contributed by atoms with van der Waals surface area (Å²) < 4.78 is 12.8. The second-order valence-electron chi connectivity index (χ2n) is 5.58. The van der Waals surface area contributed by atoms with Crippen LogP contribution < -0.4 is 9.47 Å². The van der Waals surface area contributed by atoms with Gasteiger partial charge in [0.05, 0.1) is 11.4 Å². The molecule has 122 valence electrons. The topological polar surface area (TPSA) is 49.2 Å². The van der Waals surface area contributed by atoms with Crippen molar-refractivity contribution < 1.29 is 9.47 Å². The lowest BCUT2D eigenvalue weighted by Gasteiger charge is -2.05. The Kier molecular flexibility index (Phi) is 3.28. The van der Waals surface area contributed by atoms with Crippen molar-refractivity contribution in [3.8, 4) is 39.1 Å². The summed E-state index contributed by atoms with van der Waals surface area (Å²) in [7, 11) is 0. The van der Waals surface area contributed by atoms with Crippen LogP contribution in [-0.2, 0) is 0 Å². The van der Waals surface area contributed by atoms with Crippen LogP contribution in [0.15, 0.2) is 66.2 Å². The third-order valence-corrected chi connectivity index (χ3v) is 4.79. The van der Waals surface area contributed by atoms with Crippen molar-refractivity contribution >= 4 is 11.3 Å². The van der Waals surface area contributed by atoms with Gasteiger partial charge in [0.15, 0.2) is 11.5 Å². The molecule has 0 saturated carbocycles. The van der Waals surface area contributed by atoms with E-state index >= 15 is 0 Å². The number of hydrogen-bond acceptors (Lipinski definition) is 5. The summed E-state index contributed by atoms with van der Waals surface area (Å²) in [5.41, 5.74) is 3.95. The predicted octanol–water partition coefficient (Wildman–Crippen LogP) is 4.39. The van der Waals surface area contributed by atoms with Gasteiger partial charge in [0.1, 0.15) is 0 Å². The molecule has 25 heavy (non-hydrogen) atoms. The van der Waals surface area contributed by atoms with Crippen molar-refractivity contribution in [2.45, 2.75) is 0 Å². The van der Waals surface area contributed by atoms with E-state index in [9.17, 15) is 0 Å². The molecule has 4 aromatic rings. The standard InChI is InChI=1S/C19H13N3O2S/c1-2-4-13(5-3-1)15-11-16(22(21-15)19-20-8-9-25-19)14-6-7-17-18(10-14)24-12-23-17/h1-11H,12H2. The monoisotopic (exact) mass is 347 g/mol. The third kappa shape index (κ3) is 2.47. The number of fused-ring (bicyclic) bond motifs is 1. The van der Waals surface area contributed by atoms with E-state index in [0.717, 1.165) is 39.1 Å². The number of ether oxygens (including phenoxy) is 2. The van der Waals surface area contributed by atoms with Gasteiger partial charge in [-0.3, -0.25) is 0 Å². The highest BCUT2D eigenvalue weighted by molar-refractivity contribution is 7.12. The molecule has 1 aliphatic heterocycles. The highest BCUT2D eigenvalue weighted by Gasteiger charge is 2.18. The van der Waals surface area contributed by atoms with E-state index in [2.05, 4.69) is 23.2 Å². The third-order valence-electron chi connectivity index (χ3n) is 4.05. The summed E-state index contributed by atoms with van der Waals surface area (Å²) in [6.07, 6.45) is 1.79. The average molecular weight is 347 g/mol. The zero-order chi connectivity index (χ0) is 16.6. The second-order valence-corrected chi connectivity index (χ2v) is 6.45. The van der Waals surface area contributed by atoms with Crippen molar-refractivity contribution in [3.63, 3.8) is 0 Å². The molecule has 0 spiro atoms. The second kappa shape index (κ2) is 5.75. The lowest BCUT2D eigenvalue weighted by Crippen LogP contribution is -1.98. The molecule has 5 rings (SSSR count). The Morgan fingerprint density at radius 2 is 1.80 bits per heavy atom. The molecule has 0 N–H and O–H groups in total. The molecule has 0 fully saturated rings. The van der Waals surface area contributed by atoms with Crippen LogP contribution in [0.2, 0.25) is 0 Å². The smallest absolute Gasteiger partial charge is 0.231 e. The van der Waals surface area contributed by atoms with E-state index in [1.807, 2.05) is 46.5 Å². The van der Waals surface area contributed by atoms with Crippen LogP contribution in [0.3, 0.4) is 0 Å². The number of aromatic nitrogens is 3. The first-order valence-electron chi connectivity index (χ1n) is 7.84. The highest BCUT2D eigenvalue weighted by atomic mass is 32.1. The molecule has 2 aromatic heterocycles. The molecule has 6 heteroatoms. The zero-order valence-corrected chi connectivity index (χ0v) is 13.9. The molecule has 3 heterocycles. The normalized spacial score (nSPS) is 12.5. The molecule has 1 aliphatic rings. The van der Waals surface area contributed by atoms with Gasteiger partial charge >= 0.3 is 0 Å². The maximum Gasteiger partial charge on any atom is 0.231 e. The number of nitrogens with zero attached hydrogens (tertiary/aromatic N) is 3. The minimum absolute atomic E-state index is 0.264. The maximum absolute atomic E-state index is 5.52. The first-order chi connectivity index (χ1) is 12.4. The fourth-order valence-electron chi connectivity index (χ4n) is 2.86. The van der Waals surface area contributed by atoms with E-state index in [1.165, 1.54) is 0 Å². The largest absolute Gasteiger partial charge is 0.454 e. The van der Waals surface area contributed by atoms with Gasteiger partial charge in [-0.15, -0.1) is 11.3 Å². The van der Waals surface area contributed by atoms with Gasteiger partial charge < -0.3 is 9.47 Å². The molecule has 0 saturated heterocycles. The number of rotatable bonds is 3. The average Bonchev–Trinajstić information content (AvgIpc) is 3.40. The predicted molar refractivity (Wildman–Crippen MR) is 96.2 cm³/mol. The Balaban J connectivity index is 1.68. The molecular weight excluding hydrogens is 334 g/mol. The van der Waals surface area contributed by atoms with E-state index in [-0.39, 0.29) is 6.79 Å². The fourth-order valence-corrected chi connectivity index (χ4v) is 3.46. The van der Waals surface area contributed by atoms with E-state index in [1.54, 1.807) is 17.5 Å². The van der Waals surface area contributed by atoms with Crippen LogP contribution >= 0.6 is 11.3 Å². The Labute approximate surface area is 148 Å². The number of hydrogen-bond donors (Lipinski definition) is 0. The molecule has 5 nitrogen and oxygen atoms in total. The van der Waals surface area contributed by atoms with Gasteiger partial charge in [-0.05, 0) is 24.3 Å². The minimum Gasteiger partial charge on any atom is -0.454 e. The van der Waals surface area contributed by atoms with Crippen LogP contribution in [0.5, 0.6) is 11.5 Å². The van der Waals surface area contributed by atoms with Gasteiger partial charge in [0.25, 0.3) is 0 Å². The van der Waals surface area contributed by atoms with Crippen molar-refractivity contribution in [3.05, 3.63) is 66.2 Å². The van der Waals surface area contributed by atoms with Crippen LogP contribution in [0.1, 0.15) is 0 Å². The summed E-state index contributed by atoms with van der Waals surface area (Å²) >= 11 is 1.55. The van der Waals surface area contributed by atoms with Gasteiger partial charge in [0, 0.05) is 22.7 Å². The number of benzene rings is 2. The van der Waals surface area contributed by atoms with Gasteiger partial charge in [-0.25, -0.2) is 9.67 Å². The zero-order valence-electron chi connectivity index (χ0n) is 13.1. The highest BCUT2D eigenvalue weighted by Crippen LogP contribution is 2.37. The van der Waals surface area contributed by atoms with Crippen molar-refractivity contribution in [2.75, 3.05) is 6.79 Å². The van der Waals surface area contributed by atoms with E-state index < -0.39 is 0 Å². The first kappa shape index (κ1) is 14.2. The molecule has 0 aliphatic carbocycles. The Morgan fingerprint density at radius 3 is 2.64 bits per heavy atom. The van der Waals surface area contributed by atoms with Crippen molar-refractivity contribution in [2.24, 2.45) is 0 Å². The lowest BCUT2D eigenvalue weighted by atomic mass is 10.1. The Hall–Kier alpha value is -3.12. The van der Waals surface area contributed by atoms with E-state index in [0.29, 0.717) is 0 Å². The summed E-state index contributed by atoms with van der Waals surface area (Å²) in [4.78, 5) is 4.42. The number of thiazole rings is 1. The molecule has 0 unspecified atom stereocenters. The minimum atomic E-state index is 0.264. The SMILES string of the molecule is c1ccc(-c2cc(-c3ccc4c(c3)OCO4)n(-c3nccs3)n2)cc1. The molecule has 0 bridgehead atoms. The van der Waals surface area contributed by atoms with Crippen LogP contribution in [-0.4, -0.2) is 21.6 Å². The summed E-state index contributed by atoms with van der Waals surface area (Å²) in [6, 6.07) is 18.1. The quantitative estimate of drug-likeness (QED) is 0.551. The molecule has 0 radical (unpaired) electrons. The van der Waals surface area contributed by atoms with Gasteiger partial charge in [-0.2, -0.15) is 5.10 Å². The van der Waals surface area contributed by atoms with Crippen LogP contribution in [0, 0.1) is 0 Å². The van der Waals surface area contributed by atoms with Crippen LogP contribution in [0.4, 0.5) is 0 Å². The first-order valence-corrected chi connectivity index (χ1v) is 8.72. The summed E-state index contributed by atoms with van der Waals surface area (Å²) in [5.74, 6) is 1.53. The molecular formula is C19H13N3O2S. The van der Waals surface area contributed by atoms with Crippen molar-refractivity contribution in [1.29, 1.82) is 0 Å². The Bertz CT molecular complexity index is 1030. The lowest BCUT2D eigenvalue weighted by molar-refractivity contribution is 0.174. The van der Waals surface area contributed by atoms with E-state index in [4.69, 9.17) is 14.6 Å². The van der Waals surface area contributed by atoms with Gasteiger partial charge in [0.2, 0.25) is 11.9 Å². The molecule has 2 aromatic carbocycles. The van der Waals surface area contributed by atoms with Crippen LogP contribution in [0.25, 0.3) is 27.6 Å². The molecule has 0 atom stereocenters. The van der Waals surface area contributed by atoms with Gasteiger partial charge in [-0.1, -0.05) is 30.3 Å². The maximum atomic E-state index is 5.52. The summed E-state index contributed by atoms with van der Waals surface area (Å²) in [6.45, 7) is 0.264. The Morgan fingerprint density at radius 1 is 0.920 bits per heavy atom. The summed E-state index contributed by atoms with van der Waals surface area (Å²) in [5, 5.41) is 7.56. The molecule has 0 amide bonds. The fraction of sp³-hybridized carbons (Fsp3) is 0.0526. The van der Waals surface area contributed by atoms with Crippen molar-refractivity contribution in [1.82, 2.24) is 14.8 Å².